The number of esters is 1. The highest BCUT2D eigenvalue weighted by Gasteiger charge is 2.12. The fraction of sp³-hybridized carbons (Fsp3) is 0.167. The summed E-state index contributed by atoms with van der Waals surface area (Å²) in [4.78, 5) is 11.3. The van der Waals surface area contributed by atoms with Crippen molar-refractivity contribution in [3.8, 4) is 6.07 Å². The van der Waals surface area contributed by atoms with E-state index in [0.29, 0.717) is 0 Å². The van der Waals surface area contributed by atoms with Crippen molar-refractivity contribution in [3.63, 3.8) is 0 Å². The van der Waals surface area contributed by atoms with Crippen molar-refractivity contribution < 1.29 is 13.9 Å². The summed E-state index contributed by atoms with van der Waals surface area (Å²) in [5, 5.41) is 8.91. The molecule has 5 heteroatoms. The molecule has 17 heavy (non-hydrogen) atoms. The summed E-state index contributed by atoms with van der Waals surface area (Å²) >= 11 is 5.77. The molecule has 0 spiro atoms. The third-order valence-electron chi connectivity index (χ3n) is 1.90. The van der Waals surface area contributed by atoms with Crippen LogP contribution >= 0.6 is 11.6 Å². The first kappa shape index (κ1) is 13.2. The first-order valence-electron chi connectivity index (χ1n) is 4.83. The molecule has 0 aliphatic rings. The normalized spacial score (nSPS) is 10.8. The minimum absolute atomic E-state index is 0.00114. The standard InChI is InChI=1S/C12H9ClFNO2/c1-2-17-12(16)8(7-15)6-9-10(13)4-3-5-11(9)14/h3-6H,2H2,1H3/b8-6-. The van der Waals surface area contributed by atoms with Crippen LogP contribution in [0.5, 0.6) is 0 Å². The molecule has 1 rings (SSSR count). The molecule has 0 radical (unpaired) electrons. The molecule has 0 atom stereocenters. The molecule has 0 aliphatic carbocycles. The van der Waals surface area contributed by atoms with Crippen LogP contribution in [0.2, 0.25) is 5.02 Å². The van der Waals surface area contributed by atoms with Crippen molar-refractivity contribution in [1.82, 2.24) is 0 Å². The number of ether oxygens (including phenoxy) is 1. The summed E-state index contributed by atoms with van der Waals surface area (Å²) in [6.45, 7) is 1.76. The van der Waals surface area contributed by atoms with E-state index < -0.39 is 11.8 Å². The lowest BCUT2D eigenvalue weighted by Crippen LogP contribution is -2.06. The molecule has 0 bridgehead atoms. The summed E-state index contributed by atoms with van der Waals surface area (Å²) in [5.41, 5.74) is -0.294. The smallest absolute Gasteiger partial charge is 0.348 e. The number of nitrogens with zero attached hydrogens (tertiary/aromatic N) is 1. The number of carbonyl (C=O) groups is 1. The Hall–Kier alpha value is -1.86. The Labute approximate surface area is 103 Å². The Morgan fingerprint density at radius 3 is 2.88 bits per heavy atom. The number of nitriles is 1. The van der Waals surface area contributed by atoms with Gasteiger partial charge in [-0.3, -0.25) is 0 Å². The summed E-state index contributed by atoms with van der Waals surface area (Å²) in [6.07, 6.45) is 1.08. The zero-order valence-electron chi connectivity index (χ0n) is 9.04. The van der Waals surface area contributed by atoms with E-state index >= 15 is 0 Å². The van der Waals surface area contributed by atoms with Crippen LogP contribution in [-0.4, -0.2) is 12.6 Å². The topological polar surface area (TPSA) is 50.1 Å². The van der Waals surface area contributed by atoms with Crippen LogP contribution < -0.4 is 0 Å². The van der Waals surface area contributed by atoms with Gasteiger partial charge in [-0.15, -0.1) is 0 Å². The van der Waals surface area contributed by atoms with Crippen LogP contribution in [-0.2, 0) is 9.53 Å². The average Bonchev–Trinajstić information content (AvgIpc) is 2.29. The van der Waals surface area contributed by atoms with Crippen molar-refractivity contribution >= 4 is 23.6 Å². The van der Waals surface area contributed by atoms with Gasteiger partial charge < -0.3 is 4.74 Å². The summed E-state index contributed by atoms with van der Waals surface area (Å²) in [5.74, 6) is -1.40. The maximum Gasteiger partial charge on any atom is 0.348 e. The van der Waals surface area contributed by atoms with E-state index in [9.17, 15) is 9.18 Å². The number of hydrogen-bond donors (Lipinski definition) is 0. The van der Waals surface area contributed by atoms with Crippen molar-refractivity contribution in [1.29, 1.82) is 5.26 Å². The fourth-order valence-corrected chi connectivity index (χ4v) is 1.36. The van der Waals surface area contributed by atoms with Crippen LogP contribution in [0, 0.1) is 17.1 Å². The van der Waals surface area contributed by atoms with Crippen molar-refractivity contribution in [2.75, 3.05) is 6.61 Å². The van der Waals surface area contributed by atoms with Gasteiger partial charge in [0.25, 0.3) is 0 Å². The molecular formula is C12H9ClFNO2. The average molecular weight is 254 g/mol. The van der Waals surface area contributed by atoms with Gasteiger partial charge in [0, 0.05) is 5.56 Å². The summed E-state index contributed by atoms with van der Waals surface area (Å²) in [6, 6.07) is 5.75. The zero-order chi connectivity index (χ0) is 12.8. The van der Waals surface area contributed by atoms with Gasteiger partial charge >= 0.3 is 5.97 Å². The second-order valence-electron chi connectivity index (χ2n) is 3.03. The Morgan fingerprint density at radius 1 is 1.65 bits per heavy atom. The predicted octanol–water partition coefficient (Wildman–Crippen LogP) is 2.95. The number of halogens is 2. The molecule has 0 unspecified atom stereocenters. The van der Waals surface area contributed by atoms with E-state index in [1.165, 1.54) is 18.2 Å². The molecule has 3 nitrogen and oxygen atoms in total. The molecule has 0 saturated carbocycles. The van der Waals surface area contributed by atoms with Gasteiger partial charge in [0.2, 0.25) is 0 Å². The highest BCUT2D eigenvalue weighted by molar-refractivity contribution is 6.32. The van der Waals surface area contributed by atoms with Gasteiger partial charge in [0.05, 0.1) is 11.6 Å². The summed E-state index contributed by atoms with van der Waals surface area (Å²) in [7, 11) is 0. The zero-order valence-corrected chi connectivity index (χ0v) is 9.79. The quantitative estimate of drug-likeness (QED) is 0.473. The lowest BCUT2D eigenvalue weighted by Gasteiger charge is -2.02. The number of benzene rings is 1. The molecule has 0 aromatic heterocycles. The molecule has 0 aliphatic heterocycles. The molecule has 0 N–H and O–H groups in total. The maximum absolute atomic E-state index is 13.4. The second-order valence-corrected chi connectivity index (χ2v) is 3.43. The van der Waals surface area contributed by atoms with Crippen molar-refractivity contribution in [3.05, 3.63) is 40.2 Å². The number of rotatable bonds is 3. The van der Waals surface area contributed by atoms with Crippen LogP contribution in [0.4, 0.5) is 4.39 Å². The molecule has 1 aromatic rings. The van der Waals surface area contributed by atoms with Crippen LogP contribution in [0.3, 0.4) is 0 Å². The molecule has 88 valence electrons. The van der Waals surface area contributed by atoms with Gasteiger partial charge in [0.15, 0.2) is 0 Å². The Bertz CT molecular complexity index is 485. The van der Waals surface area contributed by atoms with E-state index in [1.807, 2.05) is 0 Å². The minimum atomic E-state index is -0.797. The minimum Gasteiger partial charge on any atom is -0.462 e. The first-order valence-corrected chi connectivity index (χ1v) is 5.20. The van der Waals surface area contributed by atoms with E-state index in [4.69, 9.17) is 16.9 Å². The first-order chi connectivity index (χ1) is 8.10. The van der Waals surface area contributed by atoms with E-state index in [-0.39, 0.29) is 22.8 Å². The van der Waals surface area contributed by atoms with Crippen molar-refractivity contribution in [2.24, 2.45) is 0 Å². The molecular weight excluding hydrogens is 245 g/mol. The Kier molecular flexibility index (Phi) is 4.68. The monoisotopic (exact) mass is 253 g/mol. The highest BCUT2D eigenvalue weighted by Crippen LogP contribution is 2.22. The predicted molar refractivity (Wildman–Crippen MR) is 61.6 cm³/mol. The Balaban J connectivity index is 3.16. The van der Waals surface area contributed by atoms with Crippen LogP contribution in [0.25, 0.3) is 6.08 Å². The fourth-order valence-electron chi connectivity index (χ4n) is 1.14. The molecule has 0 amide bonds. The van der Waals surface area contributed by atoms with E-state index in [1.54, 1.807) is 13.0 Å². The van der Waals surface area contributed by atoms with E-state index in [0.717, 1.165) is 6.08 Å². The van der Waals surface area contributed by atoms with Gasteiger partial charge in [-0.05, 0) is 25.1 Å². The maximum atomic E-state index is 13.4. The lowest BCUT2D eigenvalue weighted by atomic mass is 10.1. The third-order valence-corrected chi connectivity index (χ3v) is 2.23. The third kappa shape index (κ3) is 3.30. The molecule has 0 heterocycles. The molecule has 0 fully saturated rings. The largest absolute Gasteiger partial charge is 0.462 e. The SMILES string of the molecule is CCOC(=O)/C(C#N)=C\c1c(F)cccc1Cl. The summed E-state index contributed by atoms with van der Waals surface area (Å²) < 4.78 is 18.1. The van der Waals surface area contributed by atoms with Gasteiger partial charge in [-0.2, -0.15) is 5.26 Å². The van der Waals surface area contributed by atoms with Crippen molar-refractivity contribution in [2.45, 2.75) is 6.92 Å². The Morgan fingerprint density at radius 2 is 2.35 bits per heavy atom. The number of hydrogen-bond acceptors (Lipinski definition) is 3. The second kappa shape index (κ2) is 6.02. The van der Waals surface area contributed by atoms with Gasteiger partial charge in [-0.25, -0.2) is 9.18 Å². The lowest BCUT2D eigenvalue weighted by molar-refractivity contribution is -0.137. The van der Waals surface area contributed by atoms with Gasteiger partial charge in [0.1, 0.15) is 17.5 Å². The highest BCUT2D eigenvalue weighted by atomic mass is 35.5. The van der Waals surface area contributed by atoms with Crippen LogP contribution in [0.15, 0.2) is 23.8 Å². The van der Waals surface area contributed by atoms with Crippen LogP contribution in [0.1, 0.15) is 12.5 Å². The van der Waals surface area contributed by atoms with E-state index in [2.05, 4.69) is 4.74 Å². The molecule has 1 aromatic carbocycles. The molecule has 0 saturated heterocycles. The van der Waals surface area contributed by atoms with Gasteiger partial charge in [-0.1, -0.05) is 17.7 Å². The number of carbonyl (C=O) groups excluding carboxylic acids is 1.